The fourth-order valence-corrected chi connectivity index (χ4v) is 3.99. The van der Waals surface area contributed by atoms with Crippen molar-refractivity contribution in [3.8, 4) is 0 Å². The number of rotatable bonds is 4. The van der Waals surface area contributed by atoms with Crippen LogP contribution < -0.4 is 10.2 Å². The monoisotopic (exact) mass is 420 g/mol. The first kappa shape index (κ1) is 21.1. The molecule has 2 heterocycles. The third-order valence-electron chi connectivity index (χ3n) is 6.03. The van der Waals surface area contributed by atoms with E-state index in [9.17, 15) is 14.4 Å². The fourth-order valence-electron chi connectivity index (χ4n) is 3.99. The molecule has 0 aromatic heterocycles. The molecular formula is C24H28N4O3. The van der Waals surface area contributed by atoms with Crippen LogP contribution in [0.25, 0.3) is 0 Å². The average Bonchev–Trinajstić information content (AvgIpc) is 3.17. The van der Waals surface area contributed by atoms with Gasteiger partial charge >= 0.3 is 0 Å². The summed E-state index contributed by atoms with van der Waals surface area (Å²) in [5.74, 6) is -0.611. The van der Waals surface area contributed by atoms with Crippen LogP contribution in [0.5, 0.6) is 0 Å². The Morgan fingerprint density at radius 1 is 0.935 bits per heavy atom. The second-order valence-corrected chi connectivity index (χ2v) is 8.40. The number of anilines is 2. The van der Waals surface area contributed by atoms with E-state index in [1.807, 2.05) is 36.1 Å². The normalized spacial score (nSPS) is 19.5. The first-order valence-electron chi connectivity index (χ1n) is 10.7. The lowest BCUT2D eigenvalue weighted by Gasteiger charge is -2.32. The number of nitrogens with one attached hydrogen (secondary N) is 1. The van der Waals surface area contributed by atoms with Gasteiger partial charge in [0.1, 0.15) is 0 Å². The predicted molar refractivity (Wildman–Crippen MR) is 120 cm³/mol. The quantitative estimate of drug-likeness (QED) is 0.824. The molecule has 0 bridgehead atoms. The predicted octanol–water partition coefficient (Wildman–Crippen LogP) is 2.37. The smallest absolute Gasteiger partial charge is 0.253 e. The number of hydrogen-bond donors (Lipinski definition) is 1. The molecule has 1 atom stereocenters. The van der Waals surface area contributed by atoms with Gasteiger partial charge in [0.2, 0.25) is 11.8 Å². The van der Waals surface area contributed by atoms with E-state index in [0.717, 1.165) is 37.4 Å². The van der Waals surface area contributed by atoms with Crippen LogP contribution in [0.3, 0.4) is 0 Å². The molecular weight excluding hydrogens is 392 g/mol. The van der Waals surface area contributed by atoms with Gasteiger partial charge in [0.15, 0.2) is 0 Å². The maximum Gasteiger partial charge on any atom is 0.253 e. The molecule has 0 radical (unpaired) electrons. The van der Waals surface area contributed by atoms with E-state index in [4.69, 9.17) is 0 Å². The number of amides is 3. The molecule has 3 amide bonds. The molecule has 2 aromatic carbocycles. The number of carbonyl (C=O) groups is 3. The number of benzene rings is 2. The van der Waals surface area contributed by atoms with Gasteiger partial charge < -0.3 is 20.0 Å². The molecule has 2 aliphatic rings. The minimum Gasteiger partial charge on any atom is -0.336 e. The summed E-state index contributed by atoms with van der Waals surface area (Å²) in [6, 6.07) is 14.7. The molecule has 0 saturated carbocycles. The largest absolute Gasteiger partial charge is 0.336 e. The molecule has 7 heteroatoms. The first-order valence-corrected chi connectivity index (χ1v) is 10.7. The van der Waals surface area contributed by atoms with Crippen LogP contribution >= 0.6 is 0 Å². The number of nitrogens with zero attached hydrogens (tertiary/aromatic N) is 3. The summed E-state index contributed by atoms with van der Waals surface area (Å²) in [5, 5.41) is 2.89. The summed E-state index contributed by atoms with van der Waals surface area (Å²) in [5.41, 5.74) is 3.18. The van der Waals surface area contributed by atoms with E-state index in [1.54, 1.807) is 29.2 Å². The van der Waals surface area contributed by atoms with Crippen LogP contribution in [-0.4, -0.2) is 67.3 Å². The minimum atomic E-state index is -0.402. The number of piperazine rings is 1. The van der Waals surface area contributed by atoms with Gasteiger partial charge in [-0.25, -0.2) is 0 Å². The van der Waals surface area contributed by atoms with E-state index >= 15 is 0 Å². The molecule has 31 heavy (non-hydrogen) atoms. The van der Waals surface area contributed by atoms with Crippen molar-refractivity contribution in [2.45, 2.75) is 13.3 Å². The van der Waals surface area contributed by atoms with Gasteiger partial charge in [-0.3, -0.25) is 14.4 Å². The minimum absolute atomic E-state index is 0.0149. The number of hydrogen-bond acceptors (Lipinski definition) is 4. The molecule has 2 aromatic rings. The molecule has 2 aliphatic heterocycles. The van der Waals surface area contributed by atoms with Crippen LogP contribution in [0.2, 0.25) is 0 Å². The molecule has 2 saturated heterocycles. The molecule has 1 N–H and O–H groups in total. The van der Waals surface area contributed by atoms with Gasteiger partial charge in [-0.1, -0.05) is 17.7 Å². The van der Waals surface area contributed by atoms with Gasteiger partial charge in [0, 0.05) is 56.1 Å². The molecule has 7 nitrogen and oxygen atoms in total. The summed E-state index contributed by atoms with van der Waals surface area (Å²) in [6.07, 6.45) is 0.194. The van der Waals surface area contributed by atoms with E-state index in [2.05, 4.69) is 17.3 Å². The van der Waals surface area contributed by atoms with Crippen LogP contribution in [0.15, 0.2) is 48.5 Å². The van der Waals surface area contributed by atoms with E-state index < -0.39 is 5.92 Å². The lowest BCUT2D eigenvalue weighted by molar-refractivity contribution is -0.122. The molecule has 162 valence electrons. The van der Waals surface area contributed by atoms with Crippen LogP contribution in [-0.2, 0) is 9.59 Å². The standard InChI is InChI=1S/C24H28N4O3/c1-17-3-9-21(10-4-17)28-16-19(15-22(28)29)23(30)25-20-7-5-18(6-8-20)24(31)27-13-11-26(2)12-14-27/h3-10,19H,11-16H2,1-2H3,(H,25,30). The highest BCUT2D eigenvalue weighted by Crippen LogP contribution is 2.26. The zero-order valence-electron chi connectivity index (χ0n) is 18.0. The highest BCUT2D eigenvalue weighted by atomic mass is 16.2. The Bertz CT molecular complexity index is 963. The van der Waals surface area contributed by atoms with Crippen LogP contribution in [0, 0.1) is 12.8 Å². The summed E-state index contributed by atoms with van der Waals surface area (Å²) in [7, 11) is 2.05. The highest BCUT2D eigenvalue weighted by Gasteiger charge is 2.35. The second-order valence-electron chi connectivity index (χ2n) is 8.40. The Kier molecular flexibility index (Phi) is 6.04. The lowest BCUT2D eigenvalue weighted by Crippen LogP contribution is -2.47. The zero-order chi connectivity index (χ0) is 22.0. The third kappa shape index (κ3) is 4.77. The topological polar surface area (TPSA) is 73.0 Å². The molecule has 4 rings (SSSR count). The number of likely N-dealkylation sites (N-methyl/N-ethyl adjacent to an activating group) is 1. The van der Waals surface area contributed by atoms with Crippen molar-refractivity contribution < 1.29 is 14.4 Å². The summed E-state index contributed by atoms with van der Waals surface area (Å²) < 4.78 is 0. The molecule has 2 fully saturated rings. The molecule has 0 aliphatic carbocycles. The van der Waals surface area contributed by atoms with Crippen molar-refractivity contribution >= 4 is 29.1 Å². The SMILES string of the molecule is Cc1ccc(N2CC(C(=O)Nc3ccc(C(=O)N4CCN(C)CC4)cc3)CC2=O)cc1. The highest BCUT2D eigenvalue weighted by molar-refractivity contribution is 6.03. The maximum atomic E-state index is 12.7. The van der Waals surface area contributed by atoms with Gasteiger partial charge in [-0.15, -0.1) is 0 Å². The van der Waals surface area contributed by atoms with E-state index in [1.165, 1.54) is 0 Å². The zero-order valence-corrected chi connectivity index (χ0v) is 18.0. The van der Waals surface area contributed by atoms with Gasteiger partial charge in [0.25, 0.3) is 5.91 Å². The third-order valence-corrected chi connectivity index (χ3v) is 6.03. The van der Waals surface area contributed by atoms with Crippen molar-refractivity contribution in [2.24, 2.45) is 5.92 Å². The summed E-state index contributed by atoms with van der Waals surface area (Å²) in [4.78, 5) is 43.5. The van der Waals surface area contributed by atoms with Crippen molar-refractivity contribution in [2.75, 3.05) is 50.0 Å². The van der Waals surface area contributed by atoms with Crippen LogP contribution in [0.1, 0.15) is 22.3 Å². The molecule has 1 unspecified atom stereocenters. The summed E-state index contributed by atoms with van der Waals surface area (Å²) >= 11 is 0. The van der Waals surface area contributed by atoms with Crippen molar-refractivity contribution in [3.63, 3.8) is 0 Å². The summed E-state index contributed by atoms with van der Waals surface area (Å²) in [6.45, 7) is 5.56. The van der Waals surface area contributed by atoms with E-state index in [-0.39, 0.29) is 24.1 Å². The first-order chi connectivity index (χ1) is 14.9. The second kappa shape index (κ2) is 8.89. The lowest BCUT2D eigenvalue weighted by atomic mass is 10.1. The van der Waals surface area contributed by atoms with Crippen molar-refractivity contribution in [1.29, 1.82) is 0 Å². The Morgan fingerprint density at radius 3 is 2.23 bits per heavy atom. The van der Waals surface area contributed by atoms with Gasteiger partial charge in [0.05, 0.1) is 5.92 Å². The van der Waals surface area contributed by atoms with Gasteiger partial charge in [-0.2, -0.15) is 0 Å². The van der Waals surface area contributed by atoms with Crippen LogP contribution in [0.4, 0.5) is 11.4 Å². The fraction of sp³-hybridized carbons (Fsp3) is 0.375. The van der Waals surface area contributed by atoms with Crippen molar-refractivity contribution in [1.82, 2.24) is 9.80 Å². The van der Waals surface area contributed by atoms with E-state index in [0.29, 0.717) is 17.8 Å². The number of carbonyl (C=O) groups excluding carboxylic acids is 3. The Morgan fingerprint density at radius 2 is 1.58 bits per heavy atom. The Hall–Kier alpha value is -3.19. The Labute approximate surface area is 182 Å². The van der Waals surface area contributed by atoms with Crippen molar-refractivity contribution in [3.05, 3.63) is 59.7 Å². The average molecular weight is 421 g/mol. The number of aryl methyl sites for hydroxylation is 1. The van der Waals surface area contributed by atoms with Gasteiger partial charge in [-0.05, 0) is 50.4 Å². The molecule has 0 spiro atoms. The maximum absolute atomic E-state index is 12.7. The Balaban J connectivity index is 1.35.